The van der Waals surface area contributed by atoms with Gasteiger partial charge >= 0.3 is 0 Å². The summed E-state index contributed by atoms with van der Waals surface area (Å²) in [4.78, 5) is 15.0. The normalized spacial score (nSPS) is 12.6. The van der Waals surface area contributed by atoms with E-state index in [1.165, 1.54) is 13.2 Å². The van der Waals surface area contributed by atoms with Gasteiger partial charge < -0.3 is 14.6 Å². The maximum atomic E-state index is 10.8. The molecule has 1 rings (SSSR count). The van der Waals surface area contributed by atoms with Gasteiger partial charge in [-0.15, -0.1) is 0 Å². The van der Waals surface area contributed by atoms with E-state index in [9.17, 15) is 9.90 Å². The number of nitrogens with zero attached hydrogens (tertiary/aromatic N) is 1. The highest BCUT2D eigenvalue weighted by Gasteiger charge is 2.04. The van der Waals surface area contributed by atoms with E-state index in [0.717, 1.165) is 24.0 Å². The lowest BCUT2D eigenvalue weighted by atomic mass is 10.2. The van der Waals surface area contributed by atoms with Crippen LogP contribution in [0.4, 0.5) is 0 Å². The predicted molar refractivity (Wildman–Crippen MR) is 75.1 cm³/mol. The lowest BCUT2D eigenvalue weighted by Crippen LogP contribution is -2.07. The van der Waals surface area contributed by atoms with Crippen molar-refractivity contribution < 1.29 is 14.6 Å². The molecule has 0 saturated heterocycles. The summed E-state index contributed by atoms with van der Waals surface area (Å²) in [5.74, 6) is 1.38. The third-order valence-corrected chi connectivity index (χ3v) is 3.04. The van der Waals surface area contributed by atoms with Crippen molar-refractivity contribution in [1.29, 1.82) is 0 Å². The van der Waals surface area contributed by atoms with Crippen molar-refractivity contribution in [3.8, 4) is 11.5 Å². The molecule has 0 heterocycles. The zero-order chi connectivity index (χ0) is 13.4. The van der Waals surface area contributed by atoms with E-state index in [-0.39, 0.29) is 11.8 Å². The standard InChI is InChI=1S/C13H17NO3S/c1-17-13-7-10(3-4-12(13)16)8-14-11(9-15)5-6-18-2/h3-4,7-9,11,16H,5-6H2,1-2H3. The molecule has 1 N–H and O–H groups in total. The summed E-state index contributed by atoms with van der Waals surface area (Å²) >= 11 is 1.69. The molecule has 5 heteroatoms. The molecule has 0 saturated carbocycles. The van der Waals surface area contributed by atoms with Crippen molar-refractivity contribution in [3.63, 3.8) is 0 Å². The van der Waals surface area contributed by atoms with Crippen molar-refractivity contribution in [1.82, 2.24) is 0 Å². The van der Waals surface area contributed by atoms with Gasteiger partial charge in [0.15, 0.2) is 11.5 Å². The number of thioether (sulfide) groups is 1. The van der Waals surface area contributed by atoms with Crippen LogP contribution in [0.3, 0.4) is 0 Å². The van der Waals surface area contributed by atoms with Crippen molar-refractivity contribution in [2.45, 2.75) is 12.5 Å². The summed E-state index contributed by atoms with van der Waals surface area (Å²) in [5.41, 5.74) is 0.792. The van der Waals surface area contributed by atoms with Gasteiger partial charge in [0, 0.05) is 6.21 Å². The monoisotopic (exact) mass is 267 g/mol. The first-order chi connectivity index (χ1) is 8.71. The number of methoxy groups -OCH3 is 1. The molecule has 0 aromatic heterocycles. The van der Waals surface area contributed by atoms with Gasteiger partial charge in [0.25, 0.3) is 0 Å². The van der Waals surface area contributed by atoms with Crippen molar-refractivity contribution in [3.05, 3.63) is 23.8 Å². The van der Waals surface area contributed by atoms with Gasteiger partial charge in [-0.1, -0.05) is 0 Å². The number of rotatable bonds is 7. The SMILES string of the molecule is COc1cc(C=NC(C=O)CCSC)ccc1O. The topological polar surface area (TPSA) is 58.9 Å². The third kappa shape index (κ3) is 4.41. The number of hydrogen-bond acceptors (Lipinski definition) is 5. The second-order valence-electron chi connectivity index (χ2n) is 3.69. The lowest BCUT2D eigenvalue weighted by Gasteiger charge is -2.05. The Bertz CT molecular complexity index is 421. The molecule has 18 heavy (non-hydrogen) atoms. The van der Waals surface area contributed by atoms with Gasteiger partial charge in [0.05, 0.1) is 7.11 Å². The number of ether oxygens (including phenoxy) is 1. The van der Waals surface area contributed by atoms with E-state index >= 15 is 0 Å². The first kappa shape index (κ1) is 14.6. The Morgan fingerprint density at radius 2 is 2.33 bits per heavy atom. The number of hydrogen-bond donors (Lipinski definition) is 1. The number of phenols is 1. The van der Waals surface area contributed by atoms with Crippen LogP contribution in [-0.2, 0) is 4.79 Å². The summed E-state index contributed by atoms with van der Waals surface area (Å²) in [6.07, 6.45) is 5.21. The molecule has 4 nitrogen and oxygen atoms in total. The molecule has 1 unspecified atom stereocenters. The molecule has 1 aromatic rings. The highest BCUT2D eigenvalue weighted by atomic mass is 32.2. The summed E-state index contributed by atoms with van der Waals surface area (Å²) in [5, 5.41) is 9.45. The summed E-state index contributed by atoms with van der Waals surface area (Å²) in [7, 11) is 1.49. The number of carbonyl (C=O) groups is 1. The maximum Gasteiger partial charge on any atom is 0.161 e. The Balaban J connectivity index is 2.73. The Morgan fingerprint density at radius 1 is 1.56 bits per heavy atom. The van der Waals surface area contributed by atoms with Gasteiger partial charge in [0.1, 0.15) is 12.3 Å². The first-order valence-corrected chi connectivity index (χ1v) is 6.95. The molecule has 0 bridgehead atoms. The number of benzene rings is 1. The Kier molecular flexibility index (Phi) is 6.28. The van der Waals surface area contributed by atoms with Gasteiger partial charge in [0.2, 0.25) is 0 Å². The molecule has 1 atom stereocenters. The van der Waals surface area contributed by atoms with E-state index in [1.807, 2.05) is 6.26 Å². The molecular formula is C13H17NO3S. The van der Waals surface area contributed by atoms with E-state index in [2.05, 4.69) is 4.99 Å². The highest BCUT2D eigenvalue weighted by molar-refractivity contribution is 7.98. The fourth-order valence-electron chi connectivity index (χ4n) is 1.37. The van der Waals surface area contributed by atoms with E-state index in [1.54, 1.807) is 30.1 Å². The largest absolute Gasteiger partial charge is 0.504 e. The van der Waals surface area contributed by atoms with Crippen LogP contribution in [-0.4, -0.2) is 42.8 Å². The Labute approximate surface area is 111 Å². The Hall–Kier alpha value is -1.49. The van der Waals surface area contributed by atoms with Crippen LogP contribution in [0.5, 0.6) is 11.5 Å². The molecule has 0 amide bonds. The summed E-state index contributed by atoms with van der Waals surface area (Å²) in [6.45, 7) is 0. The number of aromatic hydroxyl groups is 1. The average Bonchev–Trinajstić information content (AvgIpc) is 2.40. The number of aldehydes is 1. The van der Waals surface area contributed by atoms with Crippen molar-refractivity contribution in [2.75, 3.05) is 19.1 Å². The molecule has 1 aromatic carbocycles. The molecule has 0 aliphatic heterocycles. The zero-order valence-corrected chi connectivity index (χ0v) is 11.3. The van der Waals surface area contributed by atoms with Gasteiger partial charge in [-0.2, -0.15) is 11.8 Å². The van der Waals surface area contributed by atoms with Crippen LogP contribution in [0.2, 0.25) is 0 Å². The fraction of sp³-hybridized carbons (Fsp3) is 0.385. The zero-order valence-electron chi connectivity index (χ0n) is 10.5. The Morgan fingerprint density at radius 3 is 2.94 bits per heavy atom. The van der Waals surface area contributed by atoms with Crippen molar-refractivity contribution in [2.24, 2.45) is 4.99 Å². The maximum absolute atomic E-state index is 10.8. The number of phenolic OH excluding ortho intramolecular Hbond substituents is 1. The van der Waals surface area contributed by atoms with Crippen LogP contribution in [0, 0.1) is 0 Å². The summed E-state index contributed by atoms with van der Waals surface area (Å²) < 4.78 is 5.00. The molecule has 0 spiro atoms. The second kappa shape index (κ2) is 7.76. The molecular weight excluding hydrogens is 250 g/mol. The number of carbonyl (C=O) groups excluding carboxylic acids is 1. The molecule has 98 valence electrons. The smallest absolute Gasteiger partial charge is 0.161 e. The van der Waals surface area contributed by atoms with Gasteiger partial charge in [-0.25, -0.2) is 0 Å². The average molecular weight is 267 g/mol. The van der Waals surface area contributed by atoms with E-state index < -0.39 is 0 Å². The first-order valence-electron chi connectivity index (χ1n) is 5.55. The fourth-order valence-corrected chi connectivity index (χ4v) is 1.85. The molecule has 0 aliphatic rings. The van der Waals surface area contributed by atoms with Gasteiger partial charge in [-0.3, -0.25) is 4.99 Å². The van der Waals surface area contributed by atoms with Crippen LogP contribution in [0.15, 0.2) is 23.2 Å². The van der Waals surface area contributed by atoms with Crippen molar-refractivity contribution >= 4 is 24.3 Å². The minimum absolute atomic E-state index is 0.0870. The second-order valence-corrected chi connectivity index (χ2v) is 4.68. The van der Waals surface area contributed by atoms with Crippen LogP contribution in [0.25, 0.3) is 0 Å². The minimum atomic E-state index is -0.308. The minimum Gasteiger partial charge on any atom is -0.504 e. The molecule has 0 fully saturated rings. The van der Waals surface area contributed by atoms with E-state index in [0.29, 0.717) is 5.75 Å². The van der Waals surface area contributed by atoms with E-state index in [4.69, 9.17) is 4.74 Å². The third-order valence-electron chi connectivity index (χ3n) is 2.39. The summed E-state index contributed by atoms with van der Waals surface area (Å²) in [6, 6.07) is 4.63. The van der Waals surface area contributed by atoms with Crippen LogP contribution >= 0.6 is 11.8 Å². The lowest BCUT2D eigenvalue weighted by molar-refractivity contribution is -0.108. The quantitative estimate of drug-likeness (QED) is 0.607. The van der Waals surface area contributed by atoms with Crippen LogP contribution < -0.4 is 4.74 Å². The molecule has 0 radical (unpaired) electrons. The highest BCUT2D eigenvalue weighted by Crippen LogP contribution is 2.25. The number of aliphatic imine (C=N–C) groups is 1. The molecule has 0 aliphatic carbocycles. The van der Waals surface area contributed by atoms with Crippen LogP contribution in [0.1, 0.15) is 12.0 Å². The predicted octanol–water partition coefficient (Wildman–Crippen LogP) is 2.14. The van der Waals surface area contributed by atoms with Gasteiger partial charge in [-0.05, 0) is 42.2 Å².